The fourth-order valence-electron chi connectivity index (χ4n) is 1.42. The van der Waals surface area contributed by atoms with Crippen LogP contribution in [0.2, 0.25) is 5.02 Å². The third kappa shape index (κ3) is 3.44. The van der Waals surface area contributed by atoms with Gasteiger partial charge in [-0.05, 0) is 13.0 Å². The van der Waals surface area contributed by atoms with Crippen molar-refractivity contribution in [3.63, 3.8) is 0 Å². The summed E-state index contributed by atoms with van der Waals surface area (Å²) in [5, 5.41) is 2.80. The first-order valence-corrected chi connectivity index (χ1v) is 8.19. The number of aromatic nitrogens is 2. The van der Waals surface area contributed by atoms with Gasteiger partial charge in [0.2, 0.25) is 10.0 Å². The van der Waals surface area contributed by atoms with Gasteiger partial charge in [-0.1, -0.05) is 11.6 Å². The van der Waals surface area contributed by atoms with E-state index in [0.29, 0.717) is 5.69 Å². The number of hydrogen-bond donors (Lipinski definition) is 3. The van der Waals surface area contributed by atoms with E-state index in [1.165, 1.54) is 23.6 Å². The highest BCUT2D eigenvalue weighted by molar-refractivity contribution is 7.89. The molecule has 0 saturated carbocycles. The third-order valence-corrected chi connectivity index (χ3v) is 4.85. The van der Waals surface area contributed by atoms with Crippen LogP contribution in [0.15, 0.2) is 22.5 Å². The van der Waals surface area contributed by atoms with Gasteiger partial charge in [0, 0.05) is 11.6 Å². The van der Waals surface area contributed by atoms with Crippen LogP contribution in [0.4, 0.5) is 5.82 Å². The fourth-order valence-corrected chi connectivity index (χ4v) is 3.28. The number of nitrogens with zero attached hydrogens (tertiary/aromatic N) is 2. The Kier molecular flexibility index (Phi) is 4.55. The lowest BCUT2D eigenvalue weighted by atomic mass is 10.5. The average molecular weight is 334 g/mol. The predicted molar refractivity (Wildman–Crippen MR) is 77.9 cm³/mol. The first-order chi connectivity index (χ1) is 9.42. The van der Waals surface area contributed by atoms with E-state index in [-0.39, 0.29) is 22.3 Å². The van der Waals surface area contributed by atoms with Crippen molar-refractivity contribution in [1.29, 1.82) is 0 Å². The maximum Gasteiger partial charge on any atom is 0.242 e. The zero-order valence-corrected chi connectivity index (χ0v) is 12.8. The Morgan fingerprint density at radius 2 is 2.25 bits per heavy atom. The van der Waals surface area contributed by atoms with Gasteiger partial charge in [0.05, 0.1) is 22.3 Å². The number of rotatable bonds is 5. The van der Waals surface area contributed by atoms with Gasteiger partial charge in [-0.25, -0.2) is 29.0 Å². The Hall–Kier alpha value is -1.26. The topological polar surface area (TPSA) is 110 Å². The zero-order valence-electron chi connectivity index (χ0n) is 10.4. The molecular weight excluding hydrogens is 322 g/mol. The molecule has 2 rings (SSSR count). The van der Waals surface area contributed by atoms with Crippen LogP contribution in [0, 0.1) is 6.92 Å². The Morgan fingerprint density at radius 1 is 1.50 bits per heavy atom. The van der Waals surface area contributed by atoms with Gasteiger partial charge in [-0.15, -0.1) is 11.3 Å². The van der Waals surface area contributed by atoms with Crippen molar-refractivity contribution in [2.75, 3.05) is 5.43 Å². The summed E-state index contributed by atoms with van der Waals surface area (Å²) >= 11 is 7.30. The number of halogens is 1. The number of hydrazine groups is 1. The Bertz CT molecular complexity index is 716. The van der Waals surface area contributed by atoms with Crippen molar-refractivity contribution in [2.24, 2.45) is 5.84 Å². The Morgan fingerprint density at radius 3 is 2.80 bits per heavy atom. The molecule has 2 aromatic rings. The number of nitrogen functional groups attached to an aromatic ring is 1. The van der Waals surface area contributed by atoms with E-state index < -0.39 is 10.0 Å². The van der Waals surface area contributed by atoms with Crippen LogP contribution in [0.1, 0.15) is 10.7 Å². The van der Waals surface area contributed by atoms with Crippen LogP contribution in [0.25, 0.3) is 0 Å². The highest BCUT2D eigenvalue weighted by Crippen LogP contribution is 2.21. The van der Waals surface area contributed by atoms with E-state index in [0.717, 1.165) is 5.01 Å². The van der Waals surface area contributed by atoms with Crippen molar-refractivity contribution in [3.05, 3.63) is 33.4 Å². The Balaban J connectivity index is 2.15. The van der Waals surface area contributed by atoms with Crippen molar-refractivity contribution in [1.82, 2.24) is 14.7 Å². The summed E-state index contributed by atoms with van der Waals surface area (Å²) in [4.78, 5) is 7.96. The molecule has 7 nitrogen and oxygen atoms in total. The Labute approximate surface area is 125 Å². The summed E-state index contributed by atoms with van der Waals surface area (Å²) in [6.45, 7) is 1.96. The molecule has 2 heterocycles. The smallest absolute Gasteiger partial charge is 0.242 e. The SMILES string of the molecule is Cc1nc(CNS(=O)(=O)c2cnc(NN)c(Cl)c2)cs1. The fraction of sp³-hybridized carbons (Fsp3) is 0.200. The van der Waals surface area contributed by atoms with E-state index in [2.05, 4.69) is 20.1 Å². The summed E-state index contributed by atoms with van der Waals surface area (Å²) in [5.41, 5.74) is 2.93. The van der Waals surface area contributed by atoms with Crippen LogP contribution in [-0.4, -0.2) is 18.4 Å². The lowest BCUT2D eigenvalue weighted by Gasteiger charge is -2.07. The first-order valence-electron chi connectivity index (χ1n) is 5.45. The van der Waals surface area contributed by atoms with Crippen molar-refractivity contribution < 1.29 is 8.42 Å². The molecule has 108 valence electrons. The van der Waals surface area contributed by atoms with Crippen molar-refractivity contribution in [3.8, 4) is 0 Å². The molecule has 0 saturated heterocycles. The largest absolute Gasteiger partial charge is 0.307 e. The quantitative estimate of drug-likeness (QED) is 0.561. The van der Waals surface area contributed by atoms with E-state index in [1.54, 1.807) is 5.38 Å². The second-order valence-corrected chi connectivity index (χ2v) is 7.06. The van der Waals surface area contributed by atoms with E-state index in [9.17, 15) is 8.42 Å². The van der Waals surface area contributed by atoms with E-state index in [4.69, 9.17) is 17.4 Å². The number of hydrogen-bond acceptors (Lipinski definition) is 7. The predicted octanol–water partition coefficient (Wildman–Crippen LogP) is 1.26. The molecule has 0 bridgehead atoms. The highest BCUT2D eigenvalue weighted by Gasteiger charge is 2.16. The summed E-state index contributed by atoms with van der Waals surface area (Å²) in [6, 6.07) is 1.28. The standard InChI is InChI=1S/C10H12ClN5O2S2/c1-6-15-7(5-19-6)3-14-20(17,18)8-2-9(11)10(16-12)13-4-8/h2,4-5,14H,3,12H2,1H3,(H,13,16). The number of aryl methyl sites for hydroxylation is 1. The molecule has 0 aromatic carbocycles. The molecule has 0 amide bonds. The van der Waals surface area contributed by atoms with Gasteiger partial charge in [0.25, 0.3) is 0 Å². The van der Waals surface area contributed by atoms with Crippen LogP contribution in [0.5, 0.6) is 0 Å². The molecule has 4 N–H and O–H groups in total. The molecule has 0 aliphatic heterocycles. The number of anilines is 1. The molecule has 2 aromatic heterocycles. The van der Waals surface area contributed by atoms with Crippen LogP contribution < -0.4 is 16.0 Å². The van der Waals surface area contributed by atoms with Gasteiger partial charge < -0.3 is 5.43 Å². The van der Waals surface area contributed by atoms with Crippen LogP contribution in [0.3, 0.4) is 0 Å². The molecule has 10 heteroatoms. The normalized spacial score (nSPS) is 11.6. The number of sulfonamides is 1. The van der Waals surface area contributed by atoms with Gasteiger partial charge in [0.15, 0.2) is 5.82 Å². The maximum atomic E-state index is 12.1. The molecular formula is C10H12ClN5O2S2. The minimum Gasteiger partial charge on any atom is -0.307 e. The van der Waals surface area contributed by atoms with Gasteiger partial charge in [0.1, 0.15) is 4.90 Å². The molecule has 0 radical (unpaired) electrons. The number of nitrogens with one attached hydrogen (secondary N) is 2. The monoisotopic (exact) mass is 333 g/mol. The van der Waals surface area contributed by atoms with Gasteiger partial charge in [-0.3, -0.25) is 0 Å². The van der Waals surface area contributed by atoms with Crippen molar-refractivity contribution >= 4 is 38.8 Å². The summed E-state index contributed by atoms with van der Waals surface area (Å²) < 4.78 is 26.6. The molecule has 0 aliphatic rings. The maximum absolute atomic E-state index is 12.1. The van der Waals surface area contributed by atoms with Gasteiger partial charge >= 0.3 is 0 Å². The second-order valence-electron chi connectivity index (χ2n) is 3.83. The number of thiazole rings is 1. The van der Waals surface area contributed by atoms with E-state index in [1.807, 2.05) is 6.92 Å². The van der Waals surface area contributed by atoms with E-state index >= 15 is 0 Å². The summed E-state index contributed by atoms with van der Waals surface area (Å²) in [6.07, 6.45) is 1.18. The molecule has 0 fully saturated rings. The third-order valence-electron chi connectivity index (χ3n) is 2.37. The minimum absolute atomic E-state index is 0.0338. The average Bonchev–Trinajstić information content (AvgIpc) is 2.82. The lowest BCUT2D eigenvalue weighted by molar-refractivity contribution is 0.580. The molecule has 0 spiro atoms. The van der Waals surface area contributed by atoms with Crippen molar-refractivity contribution in [2.45, 2.75) is 18.4 Å². The zero-order chi connectivity index (χ0) is 14.8. The minimum atomic E-state index is -3.70. The number of nitrogens with two attached hydrogens (primary N) is 1. The van der Waals surface area contributed by atoms with Crippen LogP contribution >= 0.6 is 22.9 Å². The number of pyridine rings is 1. The molecule has 0 aliphatic carbocycles. The summed E-state index contributed by atoms with van der Waals surface area (Å²) in [7, 11) is -3.70. The molecule has 0 unspecified atom stereocenters. The lowest BCUT2D eigenvalue weighted by Crippen LogP contribution is -2.23. The van der Waals surface area contributed by atoms with Gasteiger partial charge in [-0.2, -0.15) is 0 Å². The highest BCUT2D eigenvalue weighted by atomic mass is 35.5. The first kappa shape index (κ1) is 15.1. The molecule has 20 heavy (non-hydrogen) atoms. The second kappa shape index (κ2) is 6.02. The summed E-state index contributed by atoms with van der Waals surface area (Å²) in [5.74, 6) is 5.39. The van der Waals surface area contributed by atoms with Crippen LogP contribution in [-0.2, 0) is 16.6 Å². The molecule has 0 atom stereocenters.